The second-order valence-corrected chi connectivity index (χ2v) is 9.61. The maximum Gasteiger partial charge on any atom is 0.256 e. The van der Waals surface area contributed by atoms with Crippen molar-refractivity contribution in [2.75, 3.05) is 31.6 Å². The van der Waals surface area contributed by atoms with Gasteiger partial charge in [0.15, 0.2) is 0 Å². The van der Waals surface area contributed by atoms with E-state index in [0.29, 0.717) is 18.6 Å². The number of rotatable bonds is 10. The third kappa shape index (κ3) is 6.95. The number of anilines is 1. The molecule has 1 aliphatic carbocycles. The third-order valence-electron chi connectivity index (χ3n) is 6.86. The molecule has 1 amide bonds. The number of carbonyl (C=O) groups is 1. The minimum atomic E-state index is -0.686. The lowest BCUT2D eigenvalue weighted by Crippen LogP contribution is -2.48. The zero-order valence-corrected chi connectivity index (χ0v) is 19.8. The molecule has 1 aromatic carbocycles. The molecule has 3 atom stereocenters. The summed E-state index contributed by atoms with van der Waals surface area (Å²) in [6.45, 7) is 10.3. The smallest absolute Gasteiger partial charge is 0.256 e. The maximum absolute atomic E-state index is 13.1. The summed E-state index contributed by atoms with van der Waals surface area (Å²) < 4.78 is 12.1. The highest BCUT2D eigenvalue weighted by molar-refractivity contribution is 5.97. The molecule has 1 N–H and O–H groups in total. The summed E-state index contributed by atoms with van der Waals surface area (Å²) in [7, 11) is 0. The van der Waals surface area contributed by atoms with Gasteiger partial charge >= 0.3 is 0 Å². The van der Waals surface area contributed by atoms with Gasteiger partial charge in [-0.15, -0.1) is 0 Å². The van der Waals surface area contributed by atoms with Crippen LogP contribution < -0.4 is 10.1 Å². The quantitative estimate of drug-likeness (QED) is 0.488. The van der Waals surface area contributed by atoms with E-state index in [2.05, 4.69) is 31.0 Å². The van der Waals surface area contributed by atoms with Gasteiger partial charge in [0, 0.05) is 24.9 Å². The lowest BCUT2D eigenvalue weighted by molar-refractivity contribution is -0.148. The van der Waals surface area contributed by atoms with Crippen LogP contribution in [0.15, 0.2) is 24.3 Å². The summed E-state index contributed by atoms with van der Waals surface area (Å²) in [6.07, 6.45) is 9.79. The summed E-state index contributed by atoms with van der Waals surface area (Å²) in [4.78, 5) is 15.7. The van der Waals surface area contributed by atoms with E-state index in [1.54, 1.807) is 0 Å². The second-order valence-electron chi connectivity index (χ2n) is 9.61. The van der Waals surface area contributed by atoms with Crippen molar-refractivity contribution in [2.24, 2.45) is 5.92 Å². The molecule has 1 heterocycles. The van der Waals surface area contributed by atoms with E-state index in [4.69, 9.17) is 9.47 Å². The number of piperidine rings is 1. The molecule has 3 rings (SSSR count). The van der Waals surface area contributed by atoms with Gasteiger partial charge in [-0.05, 0) is 88.6 Å². The summed E-state index contributed by atoms with van der Waals surface area (Å²) >= 11 is 0. The van der Waals surface area contributed by atoms with Gasteiger partial charge < -0.3 is 19.7 Å². The first kappa shape index (κ1) is 24.1. The molecular formula is C26H42N2O3. The van der Waals surface area contributed by atoms with Crippen LogP contribution in [-0.4, -0.2) is 48.8 Å². The van der Waals surface area contributed by atoms with Gasteiger partial charge in [0.05, 0.1) is 6.61 Å². The van der Waals surface area contributed by atoms with Crippen LogP contribution in [0, 0.1) is 5.92 Å². The number of nitrogens with one attached hydrogen (secondary N) is 1. The van der Waals surface area contributed by atoms with E-state index in [1.165, 1.54) is 32.2 Å². The van der Waals surface area contributed by atoms with Crippen molar-refractivity contribution in [1.82, 2.24) is 4.90 Å². The van der Waals surface area contributed by atoms with Gasteiger partial charge in [-0.25, -0.2) is 0 Å². The Hall–Kier alpha value is -1.59. The van der Waals surface area contributed by atoms with E-state index in [9.17, 15) is 4.79 Å². The van der Waals surface area contributed by atoms with Crippen LogP contribution >= 0.6 is 0 Å². The van der Waals surface area contributed by atoms with Crippen LogP contribution in [0.25, 0.3) is 0 Å². The minimum absolute atomic E-state index is 0.00294. The first-order valence-corrected chi connectivity index (χ1v) is 12.4. The van der Waals surface area contributed by atoms with E-state index in [1.807, 2.05) is 24.3 Å². The van der Waals surface area contributed by atoms with Crippen LogP contribution in [-0.2, 0) is 9.53 Å². The molecule has 174 valence electrons. The average molecular weight is 431 g/mol. The Kier molecular flexibility index (Phi) is 9.21. The summed E-state index contributed by atoms with van der Waals surface area (Å²) in [6, 6.07) is 8.46. The summed E-state index contributed by atoms with van der Waals surface area (Å²) in [5.41, 5.74) is 0.117. The Labute approximate surface area is 188 Å². The fourth-order valence-corrected chi connectivity index (χ4v) is 5.03. The SMILES string of the molecule is CCCO[C@]1(C(=O)Nc2ccc(OCCCN3CCCC[C@H]3C)cc2)CCC[C@H](C)C1. The molecule has 0 aromatic heterocycles. The largest absolute Gasteiger partial charge is 0.494 e. The van der Waals surface area contributed by atoms with Crippen LogP contribution in [0.3, 0.4) is 0 Å². The first-order valence-electron chi connectivity index (χ1n) is 12.4. The van der Waals surface area contributed by atoms with E-state index in [0.717, 1.165) is 56.7 Å². The molecule has 0 radical (unpaired) electrons. The number of benzene rings is 1. The first-order chi connectivity index (χ1) is 15.0. The zero-order valence-electron chi connectivity index (χ0n) is 19.8. The summed E-state index contributed by atoms with van der Waals surface area (Å²) in [5.74, 6) is 1.37. The molecule has 5 nitrogen and oxygen atoms in total. The fourth-order valence-electron chi connectivity index (χ4n) is 5.03. The number of hydrogen-bond acceptors (Lipinski definition) is 4. The molecule has 1 aliphatic heterocycles. The van der Waals surface area contributed by atoms with Crippen molar-refractivity contribution in [3.8, 4) is 5.75 Å². The Balaban J connectivity index is 1.47. The Morgan fingerprint density at radius 3 is 2.65 bits per heavy atom. The fraction of sp³-hybridized carbons (Fsp3) is 0.731. The van der Waals surface area contributed by atoms with Gasteiger partial charge in [-0.1, -0.05) is 26.7 Å². The van der Waals surface area contributed by atoms with Crippen molar-refractivity contribution in [3.05, 3.63) is 24.3 Å². The zero-order chi connectivity index (χ0) is 22.1. The van der Waals surface area contributed by atoms with E-state index in [-0.39, 0.29) is 5.91 Å². The molecule has 0 unspecified atom stereocenters. The highest BCUT2D eigenvalue weighted by Gasteiger charge is 2.42. The Morgan fingerprint density at radius 1 is 1.13 bits per heavy atom. The van der Waals surface area contributed by atoms with Crippen molar-refractivity contribution >= 4 is 11.6 Å². The van der Waals surface area contributed by atoms with Gasteiger partial charge in [0.1, 0.15) is 11.4 Å². The van der Waals surface area contributed by atoms with Gasteiger partial charge in [0.25, 0.3) is 5.91 Å². The monoisotopic (exact) mass is 430 g/mol. The molecular weight excluding hydrogens is 388 g/mol. The van der Waals surface area contributed by atoms with E-state index >= 15 is 0 Å². The van der Waals surface area contributed by atoms with Crippen LogP contribution in [0.1, 0.15) is 78.6 Å². The van der Waals surface area contributed by atoms with Crippen LogP contribution in [0.5, 0.6) is 5.75 Å². The minimum Gasteiger partial charge on any atom is -0.494 e. The van der Waals surface area contributed by atoms with Crippen LogP contribution in [0.2, 0.25) is 0 Å². The second kappa shape index (κ2) is 11.9. The molecule has 1 saturated carbocycles. The summed E-state index contributed by atoms with van der Waals surface area (Å²) in [5, 5.41) is 3.10. The molecule has 31 heavy (non-hydrogen) atoms. The number of carbonyl (C=O) groups excluding carboxylic acids is 1. The van der Waals surface area contributed by atoms with Crippen molar-refractivity contribution in [3.63, 3.8) is 0 Å². The molecule has 0 spiro atoms. The van der Waals surface area contributed by atoms with Gasteiger partial charge in [-0.2, -0.15) is 0 Å². The normalized spacial score (nSPS) is 27.1. The Morgan fingerprint density at radius 2 is 1.94 bits per heavy atom. The standard InChI is InChI=1S/C26H42N2O3/c1-4-18-31-26(15-7-9-21(2)20-26)25(29)27-23-11-13-24(14-12-23)30-19-8-17-28-16-6-5-10-22(28)3/h11-14,21-22H,4-10,15-20H2,1-3H3,(H,27,29)/t21-,22+,26+/m0/s1. The van der Waals surface area contributed by atoms with Crippen LogP contribution in [0.4, 0.5) is 5.69 Å². The molecule has 0 bridgehead atoms. The maximum atomic E-state index is 13.1. The third-order valence-corrected chi connectivity index (χ3v) is 6.86. The molecule has 1 saturated heterocycles. The van der Waals surface area contributed by atoms with Gasteiger partial charge in [0.2, 0.25) is 0 Å². The molecule has 2 aliphatic rings. The number of amides is 1. The van der Waals surface area contributed by atoms with Crippen molar-refractivity contribution < 1.29 is 14.3 Å². The average Bonchev–Trinajstić information content (AvgIpc) is 2.77. The van der Waals surface area contributed by atoms with E-state index < -0.39 is 5.60 Å². The molecule has 1 aromatic rings. The highest BCUT2D eigenvalue weighted by Crippen LogP contribution is 2.36. The van der Waals surface area contributed by atoms with Crippen molar-refractivity contribution in [1.29, 1.82) is 0 Å². The number of likely N-dealkylation sites (tertiary alicyclic amines) is 1. The molecule has 5 heteroatoms. The van der Waals surface area contributed by atoms with Gasteiger partial charge in [-0.3, -0.25) is 4.79 Å². The molecule has 2 fully saturated rings. The number of hydrogen-bond donors (Lipinski definition) is 1. The lowest BCUT2D eigenvalue weighted by Gasteiger charge is -2.38. The highest BCUT2D eigenvalue weighted by atomic mass is 16.5. The number of nitrogens with zero attached hydrogens (tertiary/aromatic N) is 1. The number of ether oxygens (including phenoxy) is 2. The lowest BCUT2D eigenvalue weighted by atomic mass is 9.78. The Bertz CT molecular complexity index is 678. The predicted octanol–water partition coefficient (Wildman–Crippen LogP) is 5.64. The predicted molar refractivity (Wildman–Crippen MR) is 127 cm³/mol. The topological polar surface area (TPSA) is 50.8 Å². The van der Waals surface area contributed by atoms with Crippen molar-refractivity contribution in [2.45, 2.75) is 90.2 Å².